The first-order valence-electron chi connectivity index (χ1n) is 5.74. The third-order valence-corrected chi connectivity index (χ3v) is 3.27. The van der Waals surface area contributed by atoms with Crippen molar-refractivity contribution < 1.29 is 9.90 Å². The molecule has 2 aromatic rings. The van der Waals surface area contributed by atoms with Crippen LogP contribution in [0.5, 0.6) is 0 Å². The molecule has 1 N–H and O–H groups in total. The number of aromatic carboxylic acids is 1. The van der Waals surface area contributed by atoms with Crippen LogP contribution in [0.2, 0.25) is 5.02 Å². The fourth-order valence-corrected chi connectivity index (χ4v) is 2.29. The van der Waals surface area contributed by atoms with E-state index in [1.807, 2.05) is 30.3 Å². The molecule has 2 rings (SSSR count). The van der Waals surface area contributed by atoms with Gasteiger partial charge in [0.2, 0.25) is 0 Å². The quantitative estimate of drug-likeness (QED) is 0.895. The molecule has 0 fully saturated rings. The Kier molecular flexibility index (Phi) is 3.68. The van der Waals surface area contributed by atoms with Crippen molar-refractivity contribution in [2.75, 3.05) is 0 Å². The van der Waals surface area contributed by atoms with Gasteiger partial charge < -0.3 is 5.11 Å². The Hall–Kier alpha value is -1.80. The summed E-state index contributed by atoms with van der Waals surface area (Å²) < 4.78 is 0. The van der Waals surface area contributed by atoms with Gasteiger partial charge in [0, 0.05) is 5.02 Å². The largest absolute Gasteiger partial charge is 0.478 e. The minimum Gasteiger partial charge on any atom is -0.478 e. The van der Waals surface area contributed by atoms with Crippen LogP contribution in [0.1, 0.15) is 22.8 Å². The molecule has 0 radical (unpaired) electrons. The van der Waals surface area contributed by atoms with Crippen molar-refractivity contribution >= 4 is 17.6 Å². The van der Waals surface area contributed by atoms with Gasteiger partial charge in [-0.05, 0) is 41.3 Å². The number of halogens is 1. The standard InChI is InChI=1S/C15H13ClO2/c1-2-12-13(4-3-5-14(12)16)10-6-8-11(9-7-10)15(17)18/h3-9H,2H2,1H3,(H,17,18). The first-order chi connectivity index (χ1) is 8.63. The van der Waals surface area contributed by atoms with E-state index in [4.69, 9.17) is 16.7 Å². The van der Waals surface area contributed by atoms with Crippen LogP contribution in [0.15, 0.2) is 42.5 Å². The van der Waals surface area contributed by atoms with Gasteiger partial charge in [0.05, 0.1) is 5.56 Å². The Morgan fingerprint density at radius 1 is 1.17 bits per heavy atom. The first-order valence-corrected chi connectivity index (χ1v) is 6.12. The summed E-state index contributed by atoms with van der Waals surface area (Å²) in [5.74, 6) is -0.914. The third-order valence-electron chi connectivity index (χ3n) is 2.92. The molecule has 18 heavy (non-hydrogen) atoms. The van der Waals surface area contributed by atoms with Gasteiger partial charge in [-0.2, -0.15) is 0 Å². The molecular formula is C15H13ClO2. The maximum absolute atomic E-state index is 10.8. The van der Waals surface area contributed by atoms with Crippen LogP contribution in [0.25, 0.3) is 11.1 Å². The molecule has 0 saturated heterocycles. The van der Waals surface area contributed by atoms with Crippen LogP contribution < -0.4 is 0 Å². The minimum atomic E-state index is -0.914. The van der Waals surface area contributed by atoms with Crippen molar-refractivity contribution in [2.24, 2.45) is 0 Å². The Bertz CT molecular complexity index is 574. The van der Waals surface area contributed by atoms with E-state index >= 15 is 0 Å². The van der Waals surface area contributed by atoms with Gasteiger partial charge in [-0.3, -0.25) is 0 Å². The number of carbonyl (C=O) groups is 1. The molecule has 0 unspecified atom stereocenters. The van der Waals surface area contributed by atoms with Crippen molar-refractivity contribution in [3.63, 3.8) is 0 Å². The van der Waals surface area contributed by atoms with E-state index in [0.29, 0.717) is 5.56 Å². The SMILES string of the molecule is CCc1c(Cl)cccc1-c1ccc(C(=O)O)cc1. The summed E-state index contributed by atoms with van der Waals surface area (Å²) in [6.45, 7) is 2.05. The maximum atomic E-state index is 10.8. The number of carboxylic acid groups (broad SMARTS) is 1. The molecule has 0 atom stereocenters. The fourth-order valence-electron chi connectivity index (χ4n) is 1.98. The van der Waals surface area contributed by atoms with E-state index in [-0.39, 0.29) is 0 Å². The molecule has 2 nitrogen and oxygen atoms in total. The Morgan fingerprint density at radius 2 is 1.83 bits per heavy atom. The molecule has 0 aromatic heterocycles. The number of carboxylic acids is 1. The Balaban J connectivity index is 2.49. The highest BCUT2D eigenvalue weighted by molar-refractivity contribution is 6.31. The van der Waals surface area contributed by atoms with Gasteiger partial charge >= 0.3 is 5.97 Å². The molecule has 0 bridgehead atoms. The summed E-state index contributed by atoms with van der Waals surface area (Å²) in [6, 6.07) is 12.6. The molecule has 92 valence electrons. The highest BCUT2D eigenvalue weighted by Gasteiger charge is 2.08. The normalized spacial score (nSPS) is 10.3. The van der Waals surface area contributed by atoms with Gasteiger partial charge in [0.1, 0.15) is 0 Å². The lowest BCUT2D eigenvalue weighted by molar-refractivity contribution is 0.0697. The van der Waals surface area contributed by atoms with Crippen LogP contribution in [0.4, 0.5) is 0 Å². The van der Waals surface area contributed by atoms with Gasteiger partial charge in [-0.25, -0.2) is 4.79 Å². The molecule has 3 heteroatoms. The lowest BCUT2D eigenvalue weighted by atomic mass is 9.97. The van der Waals surface area contributed by atoms with E-state index < -0.39 is 5.97 Å². The summed E-state index contributed by atoms with van der Waals surface area (Å²) in [5, 5.41) is 9.62. The minimum absolute atomic E-state index is 0.291. The zero-order valence-corrected chi connectivity index (χ0v) is 10.7. The van der Waals surface area contributed by atoms with Gasteiger partial charge in [-0.1, -0.05) is 42.8 Å². The van der Waals surface area contributed by atoms with Crippen LogP contribution in [-0.4, -0.2) is 11.1 Å². The molecule has 0 aliphatic rings. The van der Waals surface area contributed by atoms with Crippen LogP contribution in [0.3, 0.4) is 0 Å². The number of rotatable bonds is 3. The Morgan fingerprint density at radius 3 is 2.39 bits per heavy atom. The zero-order chi connectivity index (χ0) is 13.1. The van der Waals surface area contributed by atoms with E-state index in [9.17, 15) is 4.79 Å². The van der Waals surface area contributed by atoms with Crippen molar-refractivity contribution in [1.82, 2.24) is 0 Å². The van der Waals surface area contributed by atoms with E-state index in [1.54, 1.807) is 12.1 Å². The van der Waals surface area contributed by atoms with Crippen molar-refractivity contribution in [2.45, 2.75) is 13.3 Å². The van der Waals surface area contributed by atoms with Crippen LogP contribution >= 0.6 is 11.6 Å². The van der Waals surface area contributed by atoms with Crippen molar-refractivity contribution in [1.29, 1.82) is 0 Å². The second kappa shape index (κ2) is 5.23. The topological polar surface area (TPSA) is 37.3 Å². The van der Waals surface area contributed by atoms with Crippen LogP contribution in [-0.2, 0) is 6.42 Å². The highest BCUT2D eigenvalue weighted by atomic mass is 35.5. The predicted octanol–water partition coefficient (Wildman–Crippen LogP) is 4.27. The summed E-state index contributed by atoms with van der Waals surface area (Å²) in [4.78, 5) is 10.8. The number of benzene rings is 2. The average molecular weight is 261 g/mol. The van der Waals surface area contributed by atoms with Crippen molar-refractivity contribution in [3.05, 3.63) is 58.6 Å². The molecule has 0 aliphatic heterocycles. The van der Waals surface area contributed by atoms with E-state index in [1.165, 1.54) is 0 Å². The fraction of sp³-hybridized carbons (Fsp3) is 0.133. The number of hydrogen-bond acceptors (Lipinski definition) is 1. The maximum Gasteiger partial charge on any atom is 0.335 e. The first kappa shape index (κ1) is 12.7. The van der Waals surface area contributed by atoms with E-state index in [2.05, 4.69) is 6.92 Å². The average Bonchev–Trinajstić information content (AvgIpc) is 2.38. The van der Waals surface area contributed by atoms with Gasteiger partial charge in [0.15, 0.2) is 0 Å². The summed E-state index contributed by atoms with van der Waals surface area (Å²) in [6.07, 6.45) is 0.843. The lowest BCUT2D eigenvalue weighted by Crippen LogP contribution is -1.95. The number of hydrogen-bond donors (Lipinski definition) is 1. The monoisotopic (exact) mass is 260 g/mol. The lowest BCUT2D eigenvalue weighted by Gasteiger charge is -2.10. The molecule has 0 saturated carbocycles. The third kappa shape index (κ3) is 2.39. The molecule has 0 heterocycles. The smallest absolute Gasteiger partial charge is 0.335 e. The Labute approximate surface area is 111 Å². The molecule has 0 aliphatic carbocycles. The molecule has 0 spiro atoms. The summed E-state index contributed by atoms with van der Waals surface area (Å²) >= 11 is 6.17. The molecule has 0 amide bonds. The second-order valence-corrected chi connectivity index (χ2v) is 4.41. The van der Waals surface area contributed by atoms with E-state index in [0.717, 1.165) is 28.1 Å². The molecule has 2 aromatic carbocycles. The second-order valence-electron chi connectivity index (χ2n) is 4.00. The summed E-state index contributed by atoms with van der Waals surface area (Å²) in [5.41, 5.74) is 3.42. The highest BCUT2D eigenvalue weighted by Crippen LogP contribution is 2.29. The predicted molar refractivity (Wildman–Crippen MR) is 73.2 cm³/mol. The molecular weight excluding hydrogens is 248 g/mol. The zero-order valence-electron chi connectivity index (χ0n) is 9.98. The van der Waals surface area contributed by atoms with Crippen molar-refractivity contribution in [3.8, 4) is 11.1 Å². The van der Waals surface area contributed by atoms with Crippen LogP contribution in [0, 0.1) is 0 Å². The summed E-state index contributed by atoms with van der Waals surface area (Å²) in [7, 11) is 0. The van der Waals surface area contributed by atoms with Gasteiger partial charge in [0.25, 0.3) is 0 Å². The van der Waals surface area contributed by atoms with Gasteiger partial charge in [-0.15, -0.1) is 0 Å².